The number of carbonyl (C=O) groups is 1. The van der Waals surface area contributed by atoms with Gasteiger partial charge >= 0.3 is 5.97 Å². The van der Waals surface area contributed by atoms with Crippen LogP contribution in [-0.2, 0) is 4.79 Å². The zero-order valence-electron chi connectivity index (χ0n) is 6.21. The second kappa shape index (κ2) is 3.36. The molecule has 0 spiro atoms. The quantitative estimate of drug-likeness (QED) is 0.294. The van der Waals surface area contributed by atoms with Crippen LogP contribution in [0.4, 0.5) is 0 Å². The highest BCUT2D eigenvalue weighted by Crippen LogP contribution is 2.10. The smallest absolute Gasteiger partial charge is 0.323 e. The highest BCUT2D eigenvalue weighted by Gasteiger charge is 2.39. The minimum atomic E-state index is -1.47. The van der Waals surface area contributed by atoms with Gasteiger partial charge in [0.05, 0.1) is 6.10 Å². The molecule has 0 aliphatic carbocycles. The lowest BCUT2D eigenvalue weighted by atomic mass is 9.96. The van der Waals surface area contributed by atoms with Crippen LogP contribution in [0.2, 0.25) is 0 Å². The molecule has 0 aromatic rings. The van der Waals surface area contributed by atoms with E-state index in [-0.39, 0.29) is 6.54 Å². The lowest BCUT2D eigenvalue weighted by molar-refractivity contribution is -0.152. The Morgan fingerprint density at radius 1 is 1.25 bits per heavy atom. The Balaban J connectivity index is 2.65. The Labute approximate surface area is 68.4 Å². The SMILES string of the molecule is O=C(O)[C@@H]1NC[C@@H](O)[C@@H](O)[C@@H]1O. The molecule has 12 heavy (non-hydrogen) atoms. The Bertz CT molecular complexity index is 185. The van der Waals surface area contributed by atoms with E-state index in [4.69, 9.17) is 20.4 Å². The van der Waals surface area contributed by atoms with Gasteiger partial charge in [-0.25, -0.2) is 0 Å². The first kappa shape index (κ1) is 9.40. The fraction of sp³-hybridized carbons (Fsp3) is 0.833. The summed E-state index contributed by atoms with van der Waals surface area (Å²) in [7, 11) is 0. The van der Waals surface area contributed by atoms with Crippen LogP contribution >= 0.6 is 0 Å². The Kier molecular flexibility index (Phi) is 2.63. The van der Waals surface area contributed by atoms with Crippen molar-refractivity contribution in [2.75, 3.05) is 6.54 Å². The van der Waals surface area contributed by atoms with Crippen LogP contribution in [-0.4, -0.2) is 57.3 Å². The van der Waals surface area contributed by atoms with Gasteiger partial charge in [0.2, 0.25) is 0 Å². The predicted octanol–water partition coefficient (Wildman–Crippen LogP) is -2.87. The number of aliphatic hydroxyl groups is 3. The number of hydrogen-bond acceptors (Lipinski definition) is 5. The van der Waals surface area contributed by atoms with Crippen molar-refractivity contribution in [3.05, 3.63) is 0 Å². The molecule has 6 heteroatoms. The predicted molar refractivity (Wildman–Crippen MR) is 37.4 cm³/mol. The number of carboxylic acid groups (broad SMARTS) is 1. The van der Waals surface area contributed by atoms with Gasteiger partial charge in [-0.2, -0.15) is 0 Å². The molecular weight excluding hydrogens is 166 g/mol. The number of aliphatic hydroxyl groups excluding tert-OH is 3. The number of aliphatic carboxylic acids is 1. The molecule has 1 aliphatic heterocycles. The van der Waals surface area contributed by atoms with Crippen molar-refractivity contribution in [2.24, 2.45) is 0 Å². The van der Waals surface area contributed by atoms with E-state index in [1.807, 2.05) is 0 Å². The van der Waals surface area contributed by atoms with Gasteiger partial charge in [0.15, 0.2) is 0 Å². The van der Waals surface area contributed by atoms with Gasteiger partial charge in [-0.1, -0.05) is 0 Å². The third-order valence-corrected chi connectivity index (χ3v) is 1.90. The number of rotatable bonds is 1. The van der Waals surface area contributed by atoms with Crippen LogP contribution in [0.1, 0.15) is 0 Å². The summed E-state index contributed by atoms with van der Waals surface area (Å²) < 4.78 is 0. The summed E-state index contributed by atoms with van der Waals surface area (Å²) in [6.07, 6.45) is -3.98. The molecule has 1 fully saturated rings. The topological polar surface area (TPSA) is 110 Å². The summed E-state index contributed by atoms with van der Waals surface area (Å²) in [5.41, 5.74) is 0. The van der Waals surface area contributed by atoms with E-state index < -0.39 is 30.3 Å². The lowest BCUT2D eigenvalue weighted by Crippen LogP contribution is -2.62. The molecule has 0 bridgehead atoms. The molecule has 70 valence electrons. The second-order valence-electron chi connectivity index (χ2n) is 2.77. The van der Waals surface area contributed by atoms with Crippen molar-refractivity contribution in [2.45, 2.75) is 24.4 Å². The van der Waals surface area contributed by atoms with E-state index in [2.05, 4.69) is 5.32 Å². The van der Waals surface area contributed by atoms with Crippen LogP contribution in [0.15, 0.2) is 0 Å². The molecular formula is C6H11NO5. The lowest BCUT2D eigenvalue weighted by Gasteiger charge is -2.33. The van der Waals surface area contributed by atoms with E-state index in [9.17, 15) is 4.79 Å². The first-order valence-corrected chi connectivity index (χ1v) is 3.54. The molecule has 4 atom stereocenters. The van der Waals surface area contributed by atoms with Crippen molar-refractivity contribution in [3.8, 4) is 0 Å². The van der Waals surface area contributed by atoms with Crippen LogP contribution in [0.25, 0.3) is 0 Å². The van der Waals surface area contributed by atoms with Crippen molar-refractivity contribution in [3.63, 3.8) is 0 Å². The van der Waals surface area contributed by atoms with E-state index in [0.29, 0.717) is 0 Å². The third-order valence-electron chi connectivity index (χ3n) is 1.90. The molecule has 1 aliphatic rings. The van der Waals surface area contributed by atoms with Crippen molar-refractivity contribution >= 4 is 5.97 Å². The number of carboxylic acids is 1. The van der Waals surface area contributed by atoms with Gasteiger partial charge in [-0.15, -0.1) is 0 Å². The van der Waals surface area contributed by atoms with E-state index in [1.165, 1.54) is 0 Å². The zero-order valence-corrected chi connectivity index (χ0v) is 6.21. The van der Waals surface area contributed by atoms with Crippen molar-refractivity contribution < 1.29 is 25.2 Å². The average molecular weight is 177 g/mol. The van der Waals surface area contributed by atoms with E-state index >= 15 is 0 Å². The number of piperidine rings is 1. The summed E-state index contributed by atoms with van der Waals surface area (Å²) in [6.45, 7) is -0.0325. The molecule has 0 radical (unpaired) electrons. The highest BCUT2D eigenvalue weighted by atomic mass is 16.4. The maximum Gasteiger partial charge on any atom is 0.323 e. The highest BCUT2D eigenvalue weighted by molar-refractivity contribution is 5.74. The van der Waals surface area contributed by atoms with E-state index in [1.54, 1.807) is 0 Å². The average Bonchev–Trinajstić information content (AvgIpc) is 2.00. The molecule has 0 aromatic carbocycles. The molecule has 0 aromatic heterocycles. The summed E-state index contributed by atoms with van der Waals surface area (Å²) in [4.78, 5) is 10.4. The van der Waals surface area contributed by atoms with Crippen molar-refractivity contribution in [1.82, 2.24) is 5.32 Å². The summed E-state index contributed by atoms with van der Waals surface area (Å²) >= 11 is 0. The largest absolute Gasteiger partial charge is 0.480 e. The fourth-order valence-electron chi connectivity index (χ4n) is 1.15. The minimum Gasteiger partial charge on any atom is -0.480 e. The Morgan fingerprint density at radius 3 is 2.33 bits per heavy atom. The molecule has 6 nitrogen and oxygen atoms in total. The molecule has 1 rings (SSSR count). The van der Waals surface area contributed by atoms with Crippen molar-refractivity contribution in [1.29, 1.82) is 0 Å². The van der Waals surface area contributed by atoms with Crippen LogP contribution in [0.5, 0.6) is 0 Å². The summed E-state index contributed by atoms with van der Waals surface area (Å²) in [5.74, 6) is -1.24. The van der Waals surface area contributed by atoms with Crippen LogP contribution < -0.4 is 5.32 Å². The van der Waals surface area contributed by atoms with Gasteiger partial charge in [-0.05, 0) is 0 Å². The molecule has 0 unspecified atom stereocenters. The first-order valence-electron chi connectivity index (χ1n) is 3.54. The standard InChI is InChI=1S/C6H11NO5/c8-2-1-7-3(6(11)12)5(10)4(2)9/h2-5,7-10H,1H2,(H,11,12)/t2-,3-,4-,5-/m1/s1. The normalized spacial score (nSPS) is 42.6. The molecule has 0 saturated carbocycles. The third kappa shape index (κ3) is 1.56. The Morgan fingerprint density at radius 2 is 1.83 bits per heavy atom. The number of β-amino-alcohol motifs (C(OH)–C–C–N with tert-alkyl or cyclic N) is 1. The Hall–Kier alpha value is -0.690. The number of hydrogen-bond donors (Lipinski definition) is 5. The molecule has 0 amide bonds. The fourth-order valence-corrected chi connectivity index (χ4v) is 1.15. The maximum absolute atomic E-state index is 10.4. The van der Waals surface area contributed by atoms with Gasteiger partial charge in [0.1, 0.15) is 18.2 Å². The van der Waals surface area contributed by atoms with Gasteiger partial charge in [-0.3, -0.25) is 10.1 Å². The maximum atomic E-state index is 10.4. The summed E-state index contributed by atoms with van der Waals surface area (Å²) in [5, 5.41) is 38.1. The minimum absolute atomic E-state index is 0.0325. The number of nitrogens with one attached hydrogen (secondary N) is 1. The van der Waals surface area contributed by atoms with Gasteiger partial charge < -0.3 is 20.4 Å². The monoisotopic (exact) mass is 177 g/mol. The molecule has 5 N–H and O–H groups in total. The molecule has 1 saturated heterocycles. The zero-order chi connectivity index (χ0) is 9.30. The first-order chi connectivity index (χ1) is 5.54. The molecule has 1 heterocycles. The van der Waals surface area contributed by atoms with Crippen LogP contribution in [0, 0.1) is 0 Å². The van der Waals surface area contributed by atoms with E-state index in [0.717, 1.165) is 0 Å². The van der Waals surface area contributed by atoms with Gasteiger partial charge in [0, 0.05) is 6.54 Å². The van der Waals surface area contributed by atoms with Gasteiger partial charge in [0.25, 0.3) is 0 Å². The second-order valence-corrected chi connectivity index (χ2v) is 2.77. The summed E-state index contributed by atoms with van der Waals surface area (Å²) in [6, 6.07) is -1.21. The van der Waals surface area contributed by atoms with Crippen LogP contribution in [0.3, 0.4) is 0 Å².